The minimum atomic E-state index is -3.17. The van der Waals surface area contributed by atoms with Crippen LogP contribution in [0.25, 0.3) is 0 Å². The van der Waals surface area contributed by atoms with E-state index in [2.05, 4.69) is 10.1 Å². The fourth-order valence-corrected chi connectivity index (χ4v) is 3.20. The van der Waals surface area contributed by atoms with E-state index in [0.29, 0.717) is 12.4 Å². The fourth-order valence-electron chi connectivity index (χ4n) is 1.58. The topological polar surface area (TPSA) is 64.8 Å². The maximum Gasteiger partial charge on any atom is 0.178 e. The second-order valence-corrected chi connectivity index (χ2v) is 7.41. The fraction of sp³-hybridized carbons (Fsp3) is 0.455. The molecule has 104 valence electrons. The predicted octanol–water partition coefficient (Wildman–Crippen LogP) is 2.11. The number of hydrogen-bond acceptors (Lipinski definition) is 5. The van der Waals surface area contributed by atoms with Gasteiger partial charge in [-0.25, -0.2) is 13.4 Å². The number of rotatable bonds is 6. The minimum Gasteiger partial charge on any atom is -0.271 e. The highest BCUT2D eigenvalue weighted by molar-refractivity contribution is 7.90. The maximum atomic E-state index is 11.3. The lowest BCUT2D eigenvalue weighted by Gasteiger charge is -1.99. The van der Waals surface area contributed by atoms with Crippen molar-refractivity contribution in [2.75, 3.05) is 6.26 Å². The molecule has 0 N–H and O–H groups in total. The quantitative estimate of drug-likeness (QED) is 0.765. The van der Waals surface area contributed by atoms with E-state index in [1.807, 2.05) is 5.38 Å². The van der Waals surface area contributed by atoms with E-state index >= 15 is 0 Å². The first-order chi connectivity index (χ1) is 8.99. The van der Waals surface area contributed by atoms with Gasteiger partial charge in [-0.05, 0) is 6.42 Å². The molecule has 0 spiro atoms. The molecule has 0 fully saturated rings. The van der Waals surface area contributed by atoms with Gasteiger partial charge in [-0.3, -0.25) is 4.68 Å². The van der Waals surface area contributed by atoms with Crippen LogP contribution in [-0.4, -0.2) is 29.4 Å². The van der Waals surface area contributed by atoms with Crippen molar-refractivity contribution in [1.29, 1.82) is 0 Å². The summed E-state index contributed by atoms with van der Waals surface area (Å²) in [6, 6.07) is 0. The summed E-state index contributed by atoms with van der Waals surface area (Å²) in [7, 11) is -3.17. The van der Waals surface area contributed by atoms with E-state index in [9.17, 15) is 8.42 Å². The Morgan fingerprint density at radius 1 is 1.47 bits per heavy atom. The van der Waals surface area contributed by atoms with Crippen LogP contribution in [0.4, 0.5) is 0 Å². The van der Waals surface area contributed by atoms with Crippen molar-refractivity contribution in [3.63, 3.8) is 0 Å². The van der Waals surface area contributed by atoms with E-state index in [4.69, 9.17) is 11.6 Å². The minimum absolute atomic E-state index is 0.256. The zero-order valence-corrected chi connectivity index (χ0v) is 12.8. The van der Waals surface area contributed by atoms with Crippen molar-refractivity contribution < 1.29 is 8.42 Å². The first-order valence-corrected chi connectivity index (χ1v) is 9.01. The number of halogens is 1. The molecule has 0 aliphatic rings. The molecule has 0 unspecified atom stereocenters. The van der Waals surface area contributed by atoms with Crippen LogP contribution in [0.15, 0.2) is 22.7 Å². The van der Waals surface area contributed by atoms with E-state index in [-0.39, 0.29) is 4.90 Å². The van der Waals surface area contributed by atoms with Crippen LogP contribution in [0.3, 0.4) is 0 Å². The molecule has 0 saturated carbocycles. The summed E-state index contributed by atoms with van der Waals surface area (Å²) in [6.45, 7) is 0.672. The summed E-state index contributed by atoms with van der Waals surface area (Å²) in [5.41, 5.74) is 0.903. The van der Waals surface area contributed by atoms with Crippen LogP contribution >= 0.6 is 22.9 Å². The summed E-state index contributed by atoms with van der Waals surface area (Å²) in [6.07, 6.45) is 5.82. The Labute approximate surface area is 121 Å². The number of aryl methyl sites for hydroxylation is 2. The molecular formula is C11H14ClN3O2S2. The second-order valence-electron chi connectivity index (χ2n) is 4.18. The predicted molar refractivity (Wildman–Crippen MR) is 75.3 cm³/mol. The molecule has 0 aliphatic carbocycles. The van der Waals surface area contributed by atoms with Gasteiger partial charge in [0.05, 0.1) is 22.8 Å². The van der Waals surface area contributed by atoms with Crippen LogP contribution in [0, 0.1) is 0 Å². The molecule has 0 atom stereocenters. The van der Waals surface area contributed by atoms with Crippen molar-refractivity contribution in [3.05, 3.63) is 28.5 Å². The van der Waals surface area contributed by atoms with Crippen LogP contribution in [0.5, 0.6) is 0 Å². The Morgan fingerprint density at radius 2 is 2.26 bits per heavy atom. The van der Waals surface area contributed by atoms with Crippen LogP contribution in [0.2, 0.25) is 0 Å². The molecule has 0 aromatic carbocycles. The summed E-state index contributed by atoms with van der Waals surface area (Å²) in [4.78, 5) is 4.62. The molecule has 0 amide bonds. The number of aromatic nitrogens is 3. The zero-order valence-electron chi connectivity index (χ0n) is 10.4. The van der Waals surface area contributed by atoms with Gasteiger partial charge in [0.1, 0.15) is 4.90 Å². The molecule has 0 radical (unpaired) electrons. The molecule has 2 rings (SSSR count). The molecule has 8 heteroatoms. The third kappa shape index (κ3) is 4.02. The summed E-state index contributed by atoms with van der Waals surface area (Å²) >= 11 is 7.29. The summed E-state index contributed by atoms with van der Waals surface area (Å²) in [5, 5.41) is 7.04. The van der Waals surface area contributed by atoms with Crippen molar-refractivity contribution >= 4 is 32.8 Å². The average Bonchev–Trinajstić information content (AvgIpc) is 2.96. The summed E-state index contributed by atoms with van der Waals surface area (Å²) in [5.74, 6) is 0.438. The Kier molecular flexibility index (Phi) is 4.59. The lowest BCUT2D eigenvalue weighted by molar-refractivity contribution is 0.575. The van der Waals surface area contributed by atoms with Gasteiger partial charge in [-0.2, -0.15) is 5.10 Å². The van der Waals surface area contributed by atoms with Crippen molar-refractivity contribution in [3.8, 4) is 0 Å². The van der Waals surface area contributed by atoms with Gasteiger partial charge in [0.15, 0.2) is 9.84 Å². The number of thiazole rings is 1. The van der Waals surface area contributed by atoms with Gasteiger partial charge in [0.25, 0.3) is 0 Å². The number of alkyl halides is 1. The third-order valence-corrected chi connectivity index (χ3v) is 4.85. The van der Waals surface area contributed by atoms with Gasteiger partial charge in [0.2, 0.25) is 0 Å². The van der Waals surface area contributed by atoms with E-state index in [0.717, 1.165) is 23.5 Å². The number of hydrogen-bond donors (Lipinski definition) is 0. The average molecular weight is 320 g/mol. The van der Waals surface area contributed by atoms with Crippen molar-refractivity contribution in [2.45, 2.75) is 30.2 Å². The first-order valence-electron chi connectivity index (χ1n) is 5.71. The molecule has 2 aromatic heterocycles. The van der Waals surface area contributed by atoms with Gasteiger partial charge < -0.3 is 0 Å². The molecule has 5 nitrogen and oxygen atoms in total. The van der Waals surface area contributed by atoms with Crippen LogP contribution < -0.4 is 0 Å². The lowest BCUT2D eigenvalue weighted by atomic mass is 10.3. The third-order valence-electron chi connectivity index (χ3n) is 2.55. The Morgan fingerprint density at radius 3 is 2.84 bits per heavy atom. The highest BCUT2D eigenvalue weighted by atomic mass is 35.5. The first kappa shape index (κ1) is 14.5. The van der Waals surface area contributed by atoms with Gasteiger partial charge in [-0.15, -0.1) is 22.9 Å². The molecule has 2 heterocycles. The van der Waals surface area contributed by atoms with E-state index in [1.54, 1.807) is 22.2 Å². The molecule has 2 aromatic rings. The molecule has 0 bridgehead atoms. The van der Waals surface area contributed by atoms with E-state index in [1.165, 1.54) is 12.5 Å². The molecule has 19 heavy (non-hydrogen) atoms. The summed E-state index contributed by atoms with van der Waals surface area (Å²) < 4.78 is 24.3. The Bertz CT molecular complexity index is 648. The SMILES string of the molecule is CS(=O)(=O)c1cnn(CCCc2nc(CCl)cs2)c1. The van der Waals surface area contributed by atoms with Gasteiger partial charge in [0, 0.05) is 30.8 Å². The van der Waals surface area contributed by atoms with E-state index < -0.39 is 9.84 Å². The number of nitrogens with zero attached hydrogens (tertiary/aromatic N) is 3. The molecule has 0 saturated heterocycles. The highest BCUT2D eigenvalue weighted by Crippen LogP contribution is 2.14. The number of sulfone groups is 1. The van der Waals surface area contributed by atoms with Crippen LogP contribution in [0.1, 0.15) is 17.1 Å². The molecular weight excluding hydrogens is 306 g/mol. The van der Waals surface area contributed by atoms with Gasteiger partial charge in [-0.1, -0.05) is 0 Å². The standard InChI is InChI=1S/C11H14ClN3O2S2/c1-19(16,17)10-6-13-15(7-10)4-2-3-11-14-9(5-12)8-18-11/h6-8H,2-5H2,1H3. The second kappa shape index (κ2) is 6.02. The highest BCUT2D eigenvalue weighted by Gasteiger charge is 2.09. The van der Waals surface area contributed by atoms with Gasteiger partial charge >= 0.3 is 0 Å². The Hall–Kier alpha value is -0.920. The van der Waals surface area contributed by atoms with Crippen molar-refractivity contribution in [1.82, 2.24) is 14.8 Å². The largest absolute Gasteiger partial charge is 0.271 e. The van der Waals surface area contributed by atoms with Crippen molar-refractivity contribution in [2.24, 2.45) is 0 Å². The monoisotopic (exact) mass is 319 g/mol. The zero-order chi connectivity index (χ0) is 13.9. The molecule has 0 aliphatic heterocycles. The van der Waals surface area contributed by atoms with Crippen LogP contribution in [-0.2, 0) is 28.7 Å². The Balaban J connectivity index is 1.87. The normalized spacial score (nSPS) is 11.9. The smallest absolute Gasteiger partial charge is 0.178 e. The lowest BCUT2D eigenvalue weighted by Crippen LogP contribution is -2.00. The maximum absolute atomic E-state index is 11.3.